The lowest BCUT2D eigenvalue weighted by molar-refractivity contribution is 0.627. The zero-order valence-electron chi connectivity index (χ0n) is 9.57. The van der Waals surface area contributed by atoms with Crippen molar-refractivity contribution >= 4 is 48.3 Å². The van der Waals surface area contributed by atoms with E-state index in [-0.39, 0.29) is 0 Å². The number of hydrogen-bond donors (Lipinski definition) is 0. The summed E-state index contributed by atoms with van der Waals surface area (Å²) >= 11 is 9.64. The molecule has 94 valence electrons. The molecular weight excluding hydrogens is 336 g/mol. The Bertz CT molecular complexity index is 692. The van der Waals surface area contributed by atoms with E-state index < -0.39 is 10.3 Å². The fourth-order valence-electron chi connectivity index (χ4n) is 1.90. The van der Waals surface area contributed by atoms with E-state index in [4.69, 9.17) is 11.6 Å². The first-order chi connectivity index (χ1) is 8.52. The molecule has 1 aliphatic rings. The molecule has 0 heterocycles. The highest BCUT2D eigenvalue weighted by Crippen LogP contribution is 2.35. The summed E-state index contributed by atoms with van der Waals surface area (Å²) in [5.74, 6) is 0. The number of allylic oxidation sites excluding steroid dienone is 4. The fourth-order valence-corrected chi connectivity index (χ4v) is 3.13. The van der Waals surface area contributed by atoms with Crippen molar-refractivity contribution < 1.29 is 8.42 Å². The van der Waals surface area contributed by atoms with Crippen LogP contribution >= 0.6 is 27.5 Å². The second-order valence-corrected chi connectivity index (χ2v) is 6.12. The van der Waals surface area contributed by atoms with Gasteiger partial charge in [0, 0.05) is 22.0 Å². The van der Waals surface area contributed by atoms with Crippen molar-refractivity contribution in [2.45, 2.75) is 13.3 Å². The van der Waals surface area contributed by atoms with Gasteiger partial charge in [0.05, 0.1) is 9.89 Å². The Labute approximate surface area is 121 Å². The average Bonchev–Trinajstić information content (AvgIpc) is 2.35. The van der Waals surface area contributed by atoms with Gasteiger partial charge in [0.25, 0.3) is 0 Å². The molecule has 0 aromatic heterocycles. The van der Waals surface area contributed by atoms with Gasteiger partial charge in [-0.1, -0.05) is 35.9 Å². The highest BCUT2D eigenvalue weighted by molar-refractivity contribution is 9.10. The molecule has 0 spiro atoms. The first-order valence-corrected chi connectivity index (χ1v) is 7.54. The molecule has 5 heteroatoms. The molecule has 0 bridgehead atoms. The van der Waals surface area contributed by atoms with Crippen molar-refractivity contribution in [2.75, 3.05) is 0 Å². The van der Waals surface area contributed by atoms with Gasteiger partial charge in [0.15, 0.2) is 0 Å². The zero-order chi connectivity index (χ0) is 13.3. The second-order valence-electron chi connectivity index (χ2n) is 3.92. The monoisotopic (exact) mass is 344 g/mol. The number of halogens is 2. The maximum absolute atomic E-state index is 11.3. The minimum absolute atomic E-state index is 0.376. The quantitative estimate of drug-likeness (QED) is 0.725. The van der Waals surface area contributed by atoms with Gasteiger partial charge in [0.2, 0.25) is 10.3 Å². The second kappa shape index (κ2) is 5.43. The minimum atomic E-state index is -2.23. The molecule has 2 rings (SSSR count). The van der Waals surface area contributed by atoms with Crippen LogP contribution in [0.25, 0.3) is 5.57 Å². The minimum Gasteiger partial charge on any atom is -0.184 e. The molecule has 1 aromatic rings. The molecule has 1 aromatic carbocycles. The van der Waals surface area contributed by atoms with E-state index in [2.05, 4.69) is 15.9 Å². The molecule has 0 saturated heterocycles. The number of benzene rings is 1. The lowest BCUT2D eigenvalue weighted by atomic mass is 9.94. The topological polar surface area (TPSA) is 34.1 Å². The highest BCUT2D eigenvalue weighted by Gasteiger charge is 2.18. The van der Waals surface area contributed by atoms with Crippen molar-refractivity contribution in [3.8, 4) is 0 Å². The summed E-state index contributed by atoms with van der Waals surface area (Å²) < 4.78 is 23.3. The van der Waals surface area contributed by atoms with Crippen LogP contribution in [0.1, 0.15) is 17.5 Å². The van der Waals surface area contributed by atoms with E-state index in [9.17, 15) is 8.42 Å². The molecule has 0 fully saturated rings. The Morgan fingerprint density at radius 1 is 1.33 bits per heavy atom. The number of hydrogen-bond acceptors (Lipinski definition) is 2. The van der Waals surface area contributed by atoms with Gasteiger partial charge in [-0.2, -0.15) is 8.42 Å². The van der Waals surface area contributed by atoms with E-state index in [1.807, 2.05) is 31.2 Å². The Balaban J connectivity index is 2.76. The molecule has 0 N–H and O–H groups in total. The van der Waals surface area contributed by atoms with Gasteiger partial charge >= 0.3 is 0 Å². The van der Waals surface area contributed by atoms with Crippen LogP contribution in [0.2, 0.25) is 5.02 Å². The molecule has 0 radical (unpaired) electrons. The third kappa shape index (κ3) is 2.46. The van der Waals surface area contributed by atoms with Crippen molar-refractivity contribution in [3.63, 3.8) is 0 Å². The Morgan fingerprint density at radius 2 is 2.06 bits per heavy atom. The third-order valence-electron chi connectivity index (χ3n) is 2.78. The standard InChI is InChI=1S/C13H10BrClO2S/c1-8-6-7-10(14)13(15)12(8)9-4-2-3-5-11(9)18(16)17/h2-4,6-7H,5H2,1H3. The van der Waals surface area contributed by atoms with Crippen LogP contribution in [0.15, 0.2) is 34.8 Å². The Morgan fingerprint density at radius 3 is 2.72 bits per heavy atom. The first kappa shape index (κ1) is 13.6. The lowest BCUT2D eigenvalue weighted by Gasteiger charge is -2.15. The van der Waals surface area contributed by atoms with Crippen LogP contribution in [0.5, 0.6) is 0 Å². The molecule has 0 atom stereocenters. The van der Waals surface area contributed by atoms with Crippen LogP contribution in [0, 0.1) is 6.92 Å². The van der Waals surface area contributed by atoms with Crippen LogP contribution in [0.4, 0.5) is 0 Å². The summed E-state index contributed by atoms with van der Waals surface area (Å²) in [6, 6.07) is 3.77. The average molecular weight is 346 g/mol. The Hall–Kier alpha value is -0.840. The molecule has 0 amide bonds. The maximum atomic E-state index is 11.3. The van der Waals surface area contributed by atoms with Crippen LogP contribution in [0.3, 0.4) is 0 Å². The molecular formula is C13H10BrClO2S. The van der Waals surface area contributed by atoms with Crippen molar-refractivity contribution in [3.05, 3.63) is 51.0 Å². The Kier molecular flexibility index (Phi) is 4.10. The first-order valence-electron chi connectivity index (χ1n) is 5.29. The lowest BCUT2D eigenvalue weighted by Crippen LogP contribution is -2.07. The van der Waals surface area contributed by atoms with Crippen molar-refractivity contribution in [1.29, 1.82) is 0 Å². The van der Waals surface area contributed by atoms with Crippen LogP contribution in [-0.2, 0) is 10.3 Å². The molecule has 18 heavy (non-hydrogen) atoms. The SMILES string of the molecule is Cc1ccc(Br)c(Cl)c1C1=CC=CCC1=S(=O)=O. The van der Waals surface area contributed by atoms with Gasteiger partial charge in [0.1, 0.15) is 0 Å². The van der Waals surface area contributed by atoms with E-state index in [0.717, 1.165) is 15.6 Å². The van der Waals surface area contributed by atoms with Gasteiger partial charge in [-0.3, -0.25) is 0 Å². The largest absolute Gasteiger partial charge is 0.218 e. The van der Waals surface area contributed by atoms with Crippen molar-refractivity contribution in [2.24, 2.45) is 0 Å². The molecule has 2 nitrogen and oxygen atoms in total. The number of aryl methyl sites for hydroxylation is 1. The molecule has 0 saturated carbocycles. The van der Waals surface area contributed by atoms with Crippen molar-refractivity contribution in [1.82, 2.24) is 0 Å². The zero-order valence-corrected chi connectivity index (χ0v) is 12.7. The van der Waals surface area contributed by atoms with E-state index in [0.29, 0.717) is 21.9 Å². The highest BCUT2D eigenvalue weighted by atomic mass is 79.9. The molecule has 0 unspecified atom stereocenters. The normalized spacial score (nSPS) is 14.6. The maximum Gasteiger partial charge on any atom is 0.218 e. The van der Waals surface area contributed by atoms with Gasteiger partial charge in [-0.15, -0.1) is 0 Å². The summed E-state index contributed by atoms with van der Waals surface area (Å²) in [6.45, 7) is 1.91. The summed E-state index contributed by atoms with van der Waals surface area (Å²) in [7, 11) is -2.23. The van der Waals surface area contributed by atoms with E-state index in [1.165, 1.54) is 0 Å². The fraction of sp³-hybridized carbons (Fsp3) is 0.154. The molecule has 1 aliphatic carbocycles. The van der Waals surface area contributed by atoms with Gasteiger partial charge in [-0.05, 0) is 34.5 Å². The summed E-state index contributed by atoms with van der Waals surface area (Å²) in [5.41, 5.74) is 2.40. The van der Waals surface area contributed by atoms with Gasteiger partial charge in [-0.25, -0.2) is 0 Å². The predicted octanol–water partition coefficient (Wildman–Crippen LogP) is 3.81. The summed E-state index contributed by atoms with van der Waals surface area (Å²) in [5, 5.41) is 0.541. The molecule has 0 aliphatic heterocycles. The summed E-state index contributed by atoms with van der Waals surface area (Å²) in [4.78, 5) is 0.376. The predicted molar refractivity (Wildman–Crippen MR) is 79.5 cm³/mol. The van der Waals surface area contributed by atoms with Gasteiger partial charge < -0.3 is 0 Å². The van der Waals surface area contributed by atoms with Crippen LogP contribution < -0.4 is 0 Å². The third-order valence-corrected chi connectivity index (χ3v) is 4.85. The van der Waals surface area contributed by atoms with E-state index in [1.54, 1.807) is 6.08 Å². The smallest absolute Gasteiger partial charge is 0.184 e. The number of rotatable bonds is 1. The van der Waals surface area contributed by atoms with Crippen LogP contribution in [-0.4, -0.2) is 13.3 Å². The summed E-state index contributed by atoms with van der Waals surface area (Å²) in [6.07, 6.45) is 5.86. The van der Waals surface area contributed by atoms with E-state index >= 15 is 0 Å².